The lowest BCUT2D eigenvalue weighted by Gasteiger charge is -1.93. The third kappa shape index (κ3) is 1.74. The van der Waals surface area contributed by atoms with Crippen LogP contribution in [0.4, 0.5) is 0 Å². The van der Waals surface area contributed by atoms with Crippen molar-refractivity contribution in [2.45, 2.75) is 6.54 Å². The number of aryl methyl sites for hydroxylation is 1. The van der Waals surface area contributed by atoms with Gasteiger partial charge in [0.1, 0.15) is 0 Å². The summed E-state index contributed by atoms with van der Waals surface area (Å²) in [6.45, 7) is 0.477. The first kappa shape index (κ1) is 7.10. The zero-order chi connectivity index (χ0) is 7.40. The topological polar surface area (TPSA) is 64.9 Å². The van der Waals surface area contributed by atoms with Crippen LogP contribution in [-0.2, 0) is 18.4 Å². The molecule has 0 aliphatic carbocycles. The molecule has 1 heterocycles. The van der Waals surface area contributed by atoms with Gasteiger partial charge in [-0.15, -0.1) is 10.2 Å². The zero-order valence-electron chi connectivity index (χ0n) is 5.90. The molecule has 0 saturated heterocycles. The van der Waals surface area contributed by atoms with Crippen LogP contribution in [0.25, 0.3) is 0 Å². The van der Waals surface area contributed by atoms with Gasteiger partial charge in [0.15, 0.2) is 5.82 Å². The first-order valence-corrected chi connectivity index (χ1v) is 2.81. The van der Waals surface area contributed by atoms with Gasteiger partial charge in [-0.2, -0.15) is 10.3 Å². The highest BCUT2D eigenvalue weighted by molar-refractivity contribution is 4.72. The SMILES string of the molecule is CONCc1nnn(C)n1. The van der Waals surface area contributed by atoms with Crippen LogP contribution >= 0.6 is 0 Å². The Hall–Kier alpha value is -1.01. The van der Waals surface area contributed by atoms with Crippen molar-refractivity contribution in [1.82, 2.24) is 25.7 Å². The predicted molar refractivity (Wildman–Crippen MR) is 32.6 cm³/mol. The summed E-state index contributed by atoms with van der Waals surface area (Å²) < 4.78 is 0. The molecular formula is C4H9N5O. The van der Waals surface area contributed by atoms with Crippen molar-refractivity contribution >= 4 is 0 Å². The molecule has 0 unspecified atom stereocenters. The van der Waals surface area contributed by atoms with E-state index in [9.17, 15) is 0 Å². The van der Waals surface area contributed by atoms with Gasteiger partial charge in [0.2, 0.25) is 0 Å². The van der Waals surface area contributed by atoms with E-state index in [2.05, 4.69) is 25.7 Å². The van der Waals surface area contributed by atoms with Gasteiger partial charge < -0.3 is 4.84 Å². The van der Waals surface area contributed by atoms with Crippen molar-refractivity contribution in [3.05, 3.63) is 5.82 Å². The Bertz CT molecular complexity index is 197. The van der Waals surface area contributed by atoms with E-state index in [1.807, 2.05) is 0 Å². The Morgan fingerprint density at radius 3 is 3.00 bits per heavy atom. The molecule has 1 aromatic heterocycles. The number of tetrazole rings is 1. The summed E-state index contributed by atoms with van der Waals surface area (Å²) >= 11 is 0. The van der Waals surface area contributed by atoms with Crippen LogP contribution in [0.3, 0.4) is 0 Å². The maximum Gasteiger partial charge on any atom is 0.190 e. The molecule has 56 valence electrons. The fraction of sp³-hybridized carbons (Fsp3) is 0.750. The minimum atomic E-state index is 0.477. The average Bonchev–Trinajstić information content (AvgIpc) is 2.31. The van der Waals surface area contributed by atoms with E-state index in [0.717, 1.165) is 0 Å². The van der Waals surface area contributed by atoms with E-state index >= 15 is 0 Å². The summed E-state index contributed by atoms with van der Waals surface area (Å²) in [5.41, 5.74) is 2.60. The van der Waals surface area contributed by atoms with E-state index in [1.54, 1.807) is 7.05 Å². The largest absolute Gasteiger partial charge is 0.305 e. The summed E-state index contributed by atoms with van der Waals surface area (Å²) in [5.74, 6) is 0.615. The number of hydroxylamine groups is 1. The Morgan fingerprint density at radius 1 is 1.70 bits per heavy atom. The Kier molecular flexibility index (Phi) is 2.30. The summed E-state index contributed by atoms with van der Waals surface area (Å²) in [7, 11) is 3.25. The summed E-state index contributed by atoms with van der Waals surface area (Å²) in [4.78, 5) is 5.98. The first-order valence-electron chi connectivity index (χ1n) is 2.81. The average molecular weight is 143 g/mol. The number of hydrogen-bond acceptors (Lipinski definition) is 5. The number of aromatic nitrogens is 4. The van der Waals surface area contributed by atoms with Crippen molar-refractivity contribution in [2.75, 3.05) is 7.11 Å². The van der Waals surface area contributed by atoms with Gasteiger partial charge in [-0.1, -0.05) is 0 Å². The van der Waals surface area contributed by atoms with Crippen molar-refractivity contribution < 1.29 is 4.84 Å². The Morgan fingerprint density at radius 2 is 2.50 bits per heavy atom. The third-order valence-electron chi connectivity index (χ3n) is 0.924. The lowest BCUT2D eigenvalue weighted by molar-refractivity contribution is 0.0848. The molecule has 0 bridgehead atoms. The highest BCUT2D eigenvalue weighted by Crippen LogP contribution is 1.81. The minimum absolute atomic E-state index is 0.477. The molecule has 0 aliphatic rings. The molecule has 0 atom stereocenters. The van der Waals surface area contributed by atoms with Gasteiger partial charge >= 0.3 is 0 Å². The maximum absolute atomic E-state index is 4.59. The third-order valence-corrected chi connectivity index (χ3v) is 0.924. The summed E-state index contributed by atoms with van der Waals surface area (Å²) in [6.07, 6.45) is 0. The van der Waals surface area contributed by atoms with Gasteiger partial charge in [-0.05, 0) is 5.21 Å². The number of hydrogen-bond donors (Lipinski definition) is 1. The quantitative estimate of drug-likeness (QED) is 0.542. The van der Waals surface area contributed by atoms with Gasteiger partial charge in [-0.25, -0.2) is 0 Å². The molecule has 0 amide bonds. The lowest BCUT2D eigenvalue weighted by atomic mass is 10.6. The molecule has 0 radical (unpaired) electrons. The molecule has 1 aromatic rings. The van der Waals surface area contributed by atoms with Crippen molar-refractivity contribution in [3.8, 4) is 0 Å². The van der Waals surface area contributed by atoms with E-state index < -0.39 is 0 Å². The molecule has 6 heteroatoms. The van der Waals surface area contributed by atoms with Crippen LogP contribution in [0.5, 0.6) is 0 Å². The van der Waals surface area contributed by atoms with E-state index in [4.69, 9.17) is 0 Å². The first-order chi connectivity index (χ1) is 4.83. The minimum Gasteiger partial charge on any atom is -0.305 e. The molecule has 1 N–H and O–H groups in total. The summed E-state index contributed by atoms with van der Waals surface area (Å²) in [5, 5.41) is 11.2. The molecule has 0 aliphatic heterocycles. The second-order valence-electron chi connectivity index (χ2n) is 1.72. The fourth-order valence-corrected chi connectivity index (χ4v) is 0.531. The van der Waals surface area contributed by atoms with E-state index in [-0.39, 0.29) is 0 Å². The number of rotatable bonds is 3. The van der Waals surface area contributed by atoms with E-state index in [0.29, 0.717) is 12.4 Å². The second-order valence-corrected chi connectivity index (χ2v) is 1.72. The van der Waals surface area contributed by atoms with Crippen LogP contribution in [0.15, 0.2) is 0 Å². The van der Waals surface area contributed by atoms with Gasteiger partial charge in [0.25, 0.3) is 0 Å². The highest BCUT2D eigenvalue weighted by Gasteiger charge is 1.96. The molecule has 0 aromatic carbocycles. The van der Waals surface area contributed by atoms with Crippen LogP contribution in [0.2, 0.25) is 0 Å². The molecule has 0 fully saturated rings. The highest BCUT2D eigenvalue weighted by atomic mass is 16.6. The monoisotopic (exact) mass is 143 g/mol. The summed E-state index contributed by atoms with van der Waals surface area (Å²) in [6, 6.07) is 0. The van der Waals surface area contributed by atoms with Gasteiger partial charge in [-0.3, -0.25) is 0 Å². The van der Waals surface area contributed by atoms with Crippen LogP contribution < -0.4 is 5.48 Å². The molecule has 6 nitrogen and oxygen atoms in total. The number of nitrogens with one attached hydrogen (secondary N) is 1. The standard InChI is InChI=1S/C4H9N5O/c1-9-7-4(6-8-9)3-5-10-2/h5H,3H2,1-2H3. The molecule has 1 rings (SSSR count). The van der Waals surface area contributed by atoms with E-state index in [1.165, 1.54) is 11.9 Å². The molecule has 10 heavy (non-hydrogen) atoms. The normalized spacial score (nSPS) is 10.2. The molecule has 0 saturated carbocycles. The predicted octanol–water partition coefficient (Wildman–Crippen LogP) is -1.14. The van der Waals surface area contributed by atoms with Crippen LogP contribution in [0, 0.1) is 0 Å². The van der Waals surface area contributed by atoms with Crippen molar-refractivity contribution in [2.24, 2.45) is 7.05 Å². The van der Waals surface area contributed by atoms with Crippen LogP contribution in [0.1, 0.15) is 5.82 Å². The maximum atomic E-state index is 4.59. The Balaban J connectivity index is 2.42. The fourth-order valence-electron chi connectivity index (χ4n) is 0.531. The molecule has 0 spiro atoms. The van der Waals surface area contributed by atoms with Gasteiger partial charge in [0, 0.05) is 0 Å². The zero-order valence-corrected chi connectivity index (χ0v) is 5.90. The number of nitrogens with zero attached hydrogens (tertiary/aromatic N) is 4. The van der Waals surface area contributed by atoms with Gasteiger partial charge in [0.05, 0.1) is 20.7 Å². The van der Waals surface area contributed by atoms with Crippen molar-refractivity contribution in [3.63, 3.8) is 0 Å². The lowest BCUT2D eigenvalue weighted by Crippen LogP contribution is -2.12. The second kappa shape index (κ2) is 3.23. The van der Waals surface area contributed by atoms with Crippen molar-refractivity contribution in [1.29, 1.82) is 0 Å². The van der Waals surface area contributed by atoms with Crippen LogP contribution in [-0.4, -0.2) is 27.3 Å². The Labute approximate surface area is 58.1 Å². The molecular weight excluding hydrogens is 134 g/mol. The smallest absolute Gasteiger partial charge is 0.190 e.